The lowest BCUT2D eigenvalue weighted by Crippen LogP contribution is -2.18. The number of hydrazone groups is 1. The van der Waals surface area contributed by atoms with Crippen molar-refractivity contribution in [1.82, 2.24) is 5.43 Å². The standard InChI is InChI=1S/C23H20Cl2N2O3/c1-15-6-3-4-9-19(15)23(28)27-26-13-17-11-20(25)22(21(12-17)29-2)30-14-16-7-5-8-18(24)10-16/h3-13H,14H2,1-2H3,(H,27,28)/b26-13-. The summed E-state index contributed by atoms with van der Waals surface area (Å²) >= 11 is 12.4. The molecule has 0 saturated carbocycles. The van der Waals surface area contributed by atoms with E-state index >= 15 is 0 Å². The smallest absolute Gasteiger partial charge is 0.271 e. The Morgan fingerprint density at radius 2 is 1.90 bits per heavy atom. The second kappa shape index (κ2) is 10.1. The van der Waals surface area contributed by atoms with E-state index in [0.717, 1.165) is 11.1 Å². The molecule has 154 valence electrons. The van der Waals surface area contributed by atoms with Crippen molar-refractivity contribution in [2.45, 2.75) is 13.5 Å². The summed E-state index contributed by atoms with van der Waals surface area (Å²) in [5.41, 5.74) is 5.51. The minimum atomic E-state index is -0.288. The van der Waals surface area contributed by atoms with Gasteiger partial charge in [-0.2, -0.15) is 5.10 Å². The molecule has 0 atom stereocenters. The molecule has 0 bridgehead atoms. The first-order chi connectivity index (χ1) is 14.5. The third kappa shape index (κ3) is 5.53. The second-order valence-corrected chi connectivity index (χ2v) is 7.31. The number of nitrogens with zero attached hydrogens (tertiary/aromatic N) is 1. The predicted octanol–water partition coefficient (Wildman–Crippen LogP) is 5.65. The number of halogens is 2. The summed E-state index contributed by atoms with van der Waals surface area (Å²) in [5.74, 6) is 0.584. The number of carbonyl (C=O) groups is 1. The molecule has 3 aromatic carbocycles. The molecule has 1 amide bonds. The number of hydrogen-bond acceptors (Lipinski definition) is 4. The first-order valence-corrected chi connectivity index (χ1v) is 9.87. The van der Waals surface area contributed by atoms with Crippen molar-refractivity contribution < 1.29 is 14.3 Å². The van der Waals surface area contributed by atoms with E-state index in [1.54, 1.807) is 30.3 Å². The van der Waals surface area contributed by atoms with Gasteiger partial charge in [0.25, 0.3) is 5.91 Å². The van der Waals surface area contributed by atoms with E-state index in [9.17, 15) is 4.79 Å². The first kappa shape index (κ1) is 21.7. The number of aryl methyl sites for hydroxylation is 1. The molecule has 0 radical (unpaired) electrons. The quantitative estimate of drug-likeness (QED) is 0.379. The number of hydrogen-bond donors (Lipinski definition) is 1. The maximum atomic E-state index is 12.2. The zero-order valence-electron chi connectivity index (χ0n) is 16.5. The van der Waals surface area contributed by atoms with E-state index in [1.807, 2.05) is 37.3 Å². The highest BCUT2D eigenvalue weighted by Crippen LogP contribution is 2.36. The molecule has 0 unspecified atom stereocenters. The van der Waals surface area contributed by atoms with Crippen LogP contribution < -0.4 is 14.9 Å². The largest absolute Gasteiger partial charge is 0.493 e. The van der Waals surface area contributed by atoms with Crippen LogP contribution >= 0.6 is 23.2 Å². The van der Waals surface area contributed by atoms with Gasteiger partial charge in [0, 0.05) is 10.6 Å². The molecule has 5 nitrogen and oxygen atoms in total. The maximum absolute atomic E-state index is 12.2. The summed E-state index contributed by atoms with van der Waals surface area (Å²) in [7, 11) is 1.53. The van der Waals surface area contributed by atoms with E-state index in [2.05, 4.69) is 10.5 Å². The van der Waals surface area contributed by atoms with Gasteiger partial charge in [-0.3, -0.25) is 4.79 Å². The van der Waals surface area contributed by atoms with Gasteiger partial charge in [-0.05, 0) is 53.9 Å². The van der Waals surface area contributed by atoms with Crippen LogP contribution in [0.2, 0.25) is 10.0 Å². The van der Waals surface area contributed by atoms with Gasteiger partial charge in [-0.15, -0.1) is 0 Å². The normalized spacial score (nSPS) is 10.8. The fraction of sp³-hybridized carbons (Fsp3) is 0.130. The summed E-state index contributed by atoms with van der Waals surface area (Å²) in [5, 5.41) is 5.01. The van der Waals surface area contributed by atoms with Crippen LogP contribution in [-0.4, -0.2) is 19.2 Å². The van der Waals surface area contributed by atoms with Crippen molar-refractivity contribution in [2.75, 3.05) is 7.11 Å². The molecule has 30 heavy (non-hydrogen) atoms. The number of ether oxygens (including phenoxy) is 2. The topological polar surface area (TPSA) is 59.9 Å². The molecule has 0 heterocycles. The Hall–Kier alpha value is -3.02. The van der Waals surface area contributed by atoms with Gasteiger partial charge in [0.2, 0.25) is 0 Å². The van der Waals surface area contributed by atoms with Crippen LogP contribution in [-0.2, 0) is 6.61 Å². The molecule has 7 heteroatoms. The Kier molecular flexibility index (Phi) is 7.33. The van der Waals surface area contributed by atoms with E-state index in [1.165, 1.54) is 13.3 Å². The maximum Gasteiger partial charge on any atom is 0.271 e. The minimum Gasteiger partial charge on any atom is -0.493 e. The monoisotopic (exact) mass is 442 g/mol. The zero-order valence-corrected chi connectivity index (χ0v) is 18.0. The number of carbonyl (C=O) groups excluding carboxylic acids is 1. The predicted molar refractivity (Wildman–Crippen MR) is 120 cm³/mol. The molecule has 3 aromatic rings. The van der Waals surface area contributed by atoms with E-state index in [0.29, 0.717) is 32.7 Å². The third-order valence-corrected chi connectivity index (χ3v) is 4.81. The van der Waals surface area contributed by atoms with Gasteiger partial charge in [-0.25, -0.2) is 5.43 Å². The molecule has 0 aromatic heterocycles. The van der Waals surface area contributed by atoms with Crippen molar-refractivity contribution in [3.05, 3.63) is 93.0 Å². The van der Waals surface area contributed by atoms with Gasteiger partial charge in [0.1, 0.15) is 6.61 Å². The average Bonchev–Trinajstić information content (AvgIpc) is 2.73. The Bertz CT molecular complexity index is 1080. The Morgan fingerprint density at radius 3 is 2.63 bits per heavy atom. The number of rotatable bonds is 7. The van der Waals surface area contributed by atoms with Crippen LogP contribution in [0.15, 0.2) is 65.8 Å². The fourth-order valence-electron chi connectivity index (χ4n) is 2.79. The molecule has 0 aliphatic heterocycles. The van der Waals surface area contributed by atoms with Crippen molar-refractivity contribution >= 4 is 35.3 Å². The molecule has 1 N–H and O–H groups in total. The van der Waals surface area contributed by atoms with E-state index in [4.69, 9.17) is 32.7 Å². The molecule has 0 fully saturated rings. The van der Waals surface area contributed by atoms with Gasteiger partial charge in [0.05, 0.1) is 18.3 Å². The summed E-state index contributed by atoms with van der Waals surface area (Å²) < 4.78 is 11.2. The highest BCUT2D eigenvalue weighted by molar-refractivity contribution is 6.32. The van der Waals surface area contributed by atoms with Crippen LogP contribution in [0.3, 0.4) is 0 Å². The minimum absolute atomic E-state index is 0.288. The lowest BCUT2D eigenvalue weighted by Gasteiger charge is -2.13. The van der Waals surface area contributed by atoms with Crippen LogP contribution in [0.4, 0.5) is 0 Å². The average molecular weight is 443 g/mol. The van der Waals surface area contributed by atoms with Gasteiger partial charge < -0.3 is 9.47 Å². The van der Waals surface area contributed by atoms with Crippen molar-refractivity contribution in [3.63, 3.8) is 0 Å². The summed E-state index contributed by atoms with van der Waals surface area (Å²) in [6, 6.07) is 18.1. The van der Waals surface area contributed by atoms with Crippen LogP contribution in [0.1, 0.15) is 27.0 Å². The molecular formula is C23H20Cl2N2O3. The number of amides is 1. The molecule has 0 spiro atoms. The van der Waals surface area contributed by atoms with Gasteiger partial charge in [-0.1, -0.05) is 53.5 Å². The molecule has 0 aliphatic carbocycles. The summed E-state index contributed by atoms with van der Waals surface area (Å²) in [4.78, 5) is 12.2. The first-order valence-electron chi connectivity index (χ1n) is 9.11. The molecule has 0 aliphatic rings. The zero-order chi connectivity index (χ0) is 21.5. The molecule has 3 rings (SSSR count). The Balaban J connectivity index is 1.71. The van der Waals surface area contributed by atoms with Crippen LogP contribution in [0.25, 0.3) is 0 Å². The van der Waals surface area contributed by atoms with Crippen molar-refractivity contribution in [1.29, 1.82) is 0 Å². The Morgan fingerprint density at radius 1 is 1.10 bits per heavy atom. The fourth-order valence-corrected chi connectivity index (χ4v) is 3.28. The lowest BCUT2D eigenvalue weighted by molar-refractivity contribution is 0.0954. The second-order valence-electron chi connectivity index (χ2n) is 6.47. The SMILES string of the molecule is COc1cc(/C=N\NC(=O)c2ccccc2C)cc(Cl)c1OCc1cccc(Cl)c1. The highest BCUT2D eigenvalue weighted by atomic mass is 35.5. The molecule has 0 saturated heterocycles. The lowest BCUT2D eigenvalue weighted by atomic mass is 10.1. The summed E-state index contributed by atoms with van der Waals surface area (Å²) in [6.07, 6.45) is 1.49. The number of benzene rings is 3. The van der Waals surface area contributed by atoms with Crippen LogP contribution in [0.5, 0.6) is 11.5 Å². The number of nitrogens with one attached hydrogen (secondary N) is 1. The van der Waals surface area contributed by atoms with E-state index < -0.39 is 0 Å². The van der Waals surface area contributed by atoms with Gasteiger partial charge in [0.15, 0.2) is 11.5 Å². The molecular weight excluding hydrogens is 423 g/mol. The van der Waals surface area contributed by atoms with E-state index in [-0.39, 0.29) is 12.5 Å². The third-order valence-electron chi connectivity index (χ3n) is 4.29. The van der Waals surface area contributed by atoms with Crippen LogP contribution in [0, 0.1) is 6.92 Å². The van der Waals surface area contributed by atoms with Gasteiger partial charge >= 0.3 is 0 Å². The highest BCUT2D eigenvalue weighted by Gasteiger charge is 2.12. The van der Waals surface area contributed by atoms with Crippen molar-refractivity contribution in [3.8, 4) is 11.5 Å². The Labute approximate surface area is 185 Å². The van der Waals surface area contributed by atoms with Crippen molar-refractivity contribution in [2.24, 2.45) is 5.10 Å². The number of methoxy groups -OCH3 is 1. The summed E-state index contributed by atoms with van der Waals surface area (Å²) in [6.45, 7) is 2.15.